The minimum atomic E-state index is -0.892. The maximum Gasteiger partial charge on any atom is 0.320 e. The topological polar surface area (TPSA) is 78.6 Å². The van der Waals surface area contributed by atoms with Gasteiger partial charge in [-0.2, -0.15) is 0 Å². The summed E-state index contributed by atoms with van der Waals surface area (Å²) in [5.74, 6) is -2.06. The molecule has 5 heteroatoms. The summed E-state index contributed by atoms with van der Waals surface area (Å²) in [7, 11) is 0. The van der Waals surface area contributed by atoms with Crippen LogP contribution >= 0.6 is 0 Å². The maximum absolute atomic E-state index is 11.7. The molecule has 5 nitrogen and oxygen atoms in total. The molecule has 0 radical (unpaired) electrons. The van der Waals surface area contributed by atoms with Crippen LogP contribution in [-0.4, -0.2) is 31.7 Å². The largest absolute Gasteiger partial charge is 0.461 e. The van der Waals surface area contributed by atoms with Gasteiger partial charge in [-0.1, -0.05) is 31.7 Å². The number of ether oxygens (including phenoxy) is 2. The molecule has 102 valence electrons. The molecule has 0 aliphatic heterocycles. The van der Waals surface area contributed by atoms with Gasteiger partial charge in [0.25, 0.3) is 0 Å². The Hall–Kier alpha value is -1.62. The quantitative estimate of drug-likeness (QED) is 0.274. The van der Waals surface area contributed by atoms with Crippen molar-refractivity contribution in [2.45, 2.75) is 19.3 Å². The molecule has 0 bridgehead atoms. The van der Waals surface area contributed by atoms with Crippen molar-refractivity contribution in [3.05, 3.63) is 25.3 Å². The first kappa shape index (κ1) is 16.4. The van der Waals surface area contributed by atoms with Gasteiger partial charge in [0, 0.05) is 0 Å². The van der Waals surface area contributed by atoms with Crippen LogP contribution in [0, 0.1) is 5.92 Å². The molecule has 0 saturated carbocycles. The molecule has 0 aromatic rings. The van der Waals surface area contributed by atoms with Gasteiger partial charge in [0.2, 0.25) is 0 Å². The zero-order valence-electron chi connectivity index (χ0n) is 10.6. The van der Waals surface area contributed by atoms with Crippen LogP contribution in [0.4, 0.5) is 0 Å². The van der Waals surface area contributed by atoms with Gasteiger partial charge in [-0.25, -0.2) is 0 Å². The maximum atomic E-state index is 11.7. The van der Waals surface area contributed by atoms with Crippen molar-refractivity contribution in [2.75, 3.05) is 19.8 Å². The van der Waals surface area contributed by atoms with Gasteiger partial charge >= 0.3 is 11.9 Å². The zero-order valence-corrected chi connectivity index (χ0v) is 10.6. The summed E-state index contributed by atoms with van der Waals surface area (Å²) in [5.41, 5.74) is 5.37. The number of hydrogen-bond acceptors (Lipinski definition) is 5. The fourth-order valence-corrected chi connectivity index (χ4v) is 1.31. The SMILES string of the molecule is C=CCOC(=O)C(CCCCN)C(=O)OCC=C. The minimum absolute atomic E-state index is 0.0843. The average Bonchev–Trinajstić information content (AvgIpc) is 2.38. The Kier molecular flexibility index (Phi) is 9.58. The number of esters is 2. The van der Waals surface area contributed by atoms with Crippen molar-refractivity contribution < 1.29 is 19.1 Å². The Bertz CT molecular complexity index is 265. The van der Waals surface area contributed by atoms with E-state index >= 15 is 0 Å². The van der Waals surface area contributed by atoms with Gasteiger partial charge in [0.15, 0.2) is 5.92 Å². The third kappa shape index (κ3) is 6.85. The summed E-state index contributed by atoms with van der Waals surface area (Å²) in [4.78, 5) is 23.3. The summed E-state index contributed by atoms with van der Waals surface area (Å²) in [5, 5.41) is 0. The van der Waals surface area contributed by atoms with E-state index in [1.54, 1.807) is 0 Å². The van der Waals surface area contributed by atoms with Gasteiger partial charge < -0.3 is 15.2 Å². The lowest BCUT2D eigenvalue weighted by molar-refractivity contribution is -0.161. The normalized spacial score (nSPS) is 9.89. The standard InChI is InChI=1S/C13H21NO4/c1-3-9-17-12(15)11(7-5-6-8-14)13(16)18-10-4-2/h3-4,11H,1-2,5-10,14H2. The lowest BCUT2D eigenvalue weighted by Crippen LogP contribution is -2.28. The van der Waals surface area contributed by atoms with Gasteiger partial charge in [0.05, 0.1) is 0 Å². The Morgan fingerprint density at radius 2 is 1.56 bits per heavy atom. The van der Waals surface area contributed by atoms with Crippen LogP contribution in [0.15, 0.2) is 25.3 Å². The average molecular weight is 255 g/mol. The van der Waals surface area contributed by atoms with Gasteiger partial charge in [-0.3, -0.25) is 9.59 Å². The number of rotatable bonds is 10. The van der Waals surface area contributed by atoms with Crippen LogP contribution in [0.5, 0.6) is 0 Å². The molecule has 0 atom stereocenters. The Morgan fingerprint density at radius 3 is 1.94 bits per heavy atom. The molecular weight excluding hydrogens is 234 g/mol. The number of carbonyl (C=O) groups is 2. The van der Waals surface area contributed by atoms with E-state index in [9.17, 15) is 9.59 Å². The molecule has 0 fully saturated rings. The predicted octanol–water partition coefficient (Wildman–Crippen LogP) is 1.19. The van der Waals surface area contributed by atoms with E-state index in [0.717, 1.165) is 6.42 Å². The van der Waals surface area contributed by atoms with Crippen LogP contribution < -0.4 is 5.73 Å². The molecular formula is C13H21NO4. The third-order valence-corrected chi connectivity index (χ3v) is 2.20. The van der Waals surface area contributed by atoms with Crippen LogP contribution in [0.3, 0.4) is 0 Å². The van der Waals surface area contributed by atoms with E-state index in [1.807, 2.05) is 0 Å². The number of hydrogen-bond donors (Lipinski definition) is 1. The van der Waals surface area contributed by atoms with E-state index in [4.69, 9.17) is 15.2 Å². The van der Waals surface area contributed by atoms with Crippen LogP contribution in [-0.2, 0) is 19.1 Å². The smallest absolute Gasteiger partial charge is 0.320 e. The summed E-state index contributed by atoms with van der Waals surface area (Å²) in [6.07, 6.45) is 4.70. The monoisotopic (exact) mass is 255 g/mol. The van der Waals surface area contributed by atoms with E-state index in [2.05, 4.69) is 13.2 Å². The Morgan fingerprint density at radius 1 is 1.06 bits per heavy atom. The van der Waals surface area contributed by atoms with Gasteiger partial charge in [-0.05, 0) is 19.4 Å². The molecule has 2 N–H and O–H groups in total. The van der Waals surface area contributed by atoms with E-state index in [0.29, 0.717) is 19.4 Å². The van der Waals surface area contributed by atoms with Crippen LogP contribution in [0.2, 0.25) is 0 Å². The molecule has 0 aliphatic rings. The van der Waals surface area contributed by atoms with Crippen molar-refractivity contribution >= 4 is 11.9 Å². The fourth-order valence-electron chi connectivity index (χ4n) is 1.31. The van der Waals surface area contributed by atoms with Gasteiger partial charge in [0.1, 0.15) is 13.2 Å². The first-order chi connectivity index (χ1) is 8.67. The zero-order chi connectivity index (χ0) is 13.8. The highest BCUT2D eigenvalue weighted by Crippen LogP contribution is 2.13. The highest BCUT2D eigenvalue weighted by Gasteiger charge is 2.28. The Labute approximate surface area is 108 Å². The van der Waals surface area contributed by atoms with E-state index in [-0.39, 0.29) is 13.2 Å². The summed E-state index contributed by atoms with van der Waals surface area (Å²) < 4.78 is 9.74. The molecule has 0 saturated heterocycles. The highest BCUT2D eigenvalue weighted by atomic mass is 16.6. The summed E-state index contributed by atoms with van der Waals surface area (Å²) in [6, 6.07) is 0. The molecule has 0 aromatic carbocycles. The van der Waals surface area contributed by atoms with Crippen LogP contribution in [0.25, 0.3) is 0 Å². The van der Waals surface area contributed by atoms with E-state index in [1.165, 1.54) is 12.2 Å². The second kappa shape index (κ2) is 10.5. The number of carbonyl (C=O) groups excluding carboxylic acids is 2. The molecule has 0 spiro atoms. The second-order valence-electron chi connectivity index (χ2n) is 3.67. The first-order valence-electron chi connectivity index (χ1n) is 5.92. The minimum Gasteiger partial charge on any atom is -0.461 e. The Balaban J connectivity index is 4.38. The molecule has 0 rings (SSSR count). The van der Waals surface area contributed by atoms with Crippen molar-refractivity contribution in [1.82, 2.24) is 0 Å². The van der Waals surface area contributed by atoms with E-state index < -0.39 is 17.9 Å². The van der Waals surface area contributed by atoms with Crippen molar-refractivity contribution in [2.24, 2.45) is 11.7 Å². The lowest BCUT2D eigenvalue weighted by atomic mass is 10.0. The summed E-state index contributed by atoms with van der Waals surface area (Å²) in [6.45, 7) is 7.57. The third-order valence-electron chi connectivity index (χ3n) is 2.20. The van der Waals surface area contributed by atoms with Crippen LogP contribution in [0.1, 0.15) is 19.3 Å². The second-order valence-corrected chi connectivity index (χ2v) is 3.67. The fraction of sp³-hybridized carbons (Fsp3) is 0.538. The molecule has 18 heavy (non-hydrogen) atoms. The molecule has 0 aromatic heterocycles. The molecule has 0 unspecified atom stereocenters. The van der Waals surface area contributed by atoms with Gasteiger partial charge in [-0.15, -0.1) is 0 Å². The predicted molar refractivity (Wildman–Crippen MR) is 68.7 cm³/mol. The summed E-state index contributed by atoms with van der Waals surface area (Å²) >= 11 is 0. The van der Waals surface area contributed by atoms with Crippen molar-refractivity contribution in [3.8, 4) is 0 Å². The number of unbranched alkanes of at least 4 members (excludes halogenated alkanes) is 1. The number of nitrogens with two attached hydrogens (primary N) is 1. The molecule has 0 heterocycles. The first-order valence-corrected chi connectivity index (χ1v) is 5.92. The highest BCUT2D eigenvalue weighted by molar-refractivity contribution is 5.94. The lowest BCUT2D eigenvalue weighted by Gasteiger charge is -2.14. The van der Waals surface area contributed by atoms with Crippen molar-refractivity contribution in [3.63, 3.8) is 0 Å². The van der Waals surface area contributed by atoms with Crippen molar-refractivity contribution in [1.29, 1.82) is 0 Å². The molecule has 0 amide bonds. The molecule has 0 aliphatic carbocycles.